The van der Waals surface area contributed by atoms with Gasteiger partial charge in [0.2, 0.25) is 5.91 Å². The molecule has 0 bridgehead atoms. The van der Waals surface area contributed by atoms with Gasteiger partial charge in [0, 0.05) is 30.3 Å². The molecule has 2 N–H and O–H groups in total. The molecule has 1 heterocycles. The molecule has 1 saturated heterocycles. The number of para-hydroxylation sites is 1. The number of likely N-dealkylation sites (N-methyl/N-ethyl adjacent to an activating group) is 1. The van der Waals surface area contributed by atoms with E-state index in [0.717, 1.165) is 37.2 Å². The molecule has 0 aromatic heterocycles. The summed E-state index contributed by atoms with van der Waals surface area (Å²) in [6.45, 7) is 4.31. The second-order valence-electron chi connectivity index (χ2n) is 6.98. The Hall–Kier alpha value is -2.53. The maximum Gasteiger partial charge on any atom is 0.335 e. The first-order valence-electron chi connectivity index (χ1n) is 9.67. The van der Waals surface area contributed by atoms with Crippen LogP contribution in [0.15, 0.2) is 42.5 Å². The smallest absolute Gasteiger partial charge is 0.335 e. The summed E-state index contributed by atoms with van der Waals surface area (Å²) in [6.07, 6.45) is 3.49. The number of rotatable bonds is 6. The molecular weight excluding hydrogens is 376 g/mol. The SMILES string of the molecule is CCNC(=O)C(c1ccc(C(=O)O)cc1Cl)c1ccccc1N1CCCCC1. The lowest BCUT2D eigenvalue weighted by Crippen LogP contribution is -2.34. The Morgan fingerprint density at radius 2 is 1.82 bits per heavy atom. The molecule has 2 aromatic rings. The van der Waals surface area contributed by atoms with E-state index in [2.05, 4.69) is 10.2 Å². The van der Waals surface area contributed by atoms with Gasteiger partial charge < -0.3 is 15.3 Å². The van der Waals surface area contributed by atoms with Gasteiger partial charge in [0.1, 0.15) is 0 Å². The van der Waals surface area contributed by atoms with Crippen molar-refractivity contribution in [1.82, 2.24) is 5.32 Å². The maximum atomic E-state index is 13.0. The standard InChI is InChI=1S/C22H25ClN2O3/c1-2-24-21(26)20(16-11-10-15(22(27)28)14-18(16)23)17-8-4-5-9-19(17)25-12-6-3-7-13-25/h4-5,8-11,14,20H,2-3,6-7,12-13H2,1H3,(H,24,26)(H,27,28). The summed E-state index contributed by atoms with van der Waals surface area (Å²) in [5, 5.41) is 12.4. The summed E-state index contributed by atoms with van der Waals surface area (Å²) >= 11 is 6.44. The molecule has 3 rings (SSSR count). The Labute approximate surface area is 170 Å². The zero-order valence-electron chi connectivity index (χ0n) is 16.0. The Balaban J connectivity index is 2.09. The maximum absolute atomic E-state index is 13.0. The quantitative estimate of drug-likeness (QED) is 0.758. The second-order valence-corrected chi connectivity index (χ2v) is 7.38. The lowest BCUT2D eigenvalue weighted by atomic mass is 9.88. The molecule has 148 valence electrons. The molecule has 1 fully saturated rings. The Morgan fingerprint density at radius 3 is 2.46 bits per heavy atom. The van der Waals surface area contributed by atoms with Crippen LogP contribution in [0.25, 0.3) is 0 Å². The van der Waals surface area contributed by atoms with Crippen molar-refractivity contribution in [3.8, 4) is 0 Å². The van der Waals surface area contributed by atoms with E-state index in [-0.39, 0.29) is 16.5 Å². The van der Waals surface area contributed by atoms with E-state index in [1.54, 1.807) is 6.07 Å². The Bertz CT molecular complexity index is 863. The normalized spacial score (nSPS) is 15.1. The van der Waals surface area contributed by atoms with Crippen LogP contribution in [0.4, 0.5) is 5.69 Å². The summed E-state index contributed by atoms with van der Waals surface area (Å²) in [6, 6.07) is 12.5. The summed E-state index contributed by atoms with van der Waals surface area (Å²) < 4.78 is 0. The molecule has 1 aliphatic heterocycles. The fourth-order valence-corrected chi connectivity index (χ4v) is 4.06. The number of nitrogens with zero attached hydrogens (tertiary/aromatic N) is 1. The molecule has 2 aromatic carbocycles. The van der Waals surface area contributed by atoms with Crippen LogP contribution in [-0.2, 0) is 4.79 Å². The highest BCUT2D eigenvalue weighted by atomic mass is 35.5. The molecule has 0 saturated carbocycles. The van der Waals surface area contributed by atoms with Crippen LogP contribution in [0.5, 0.6) is 0 Å². The van der Waals surface area contributed by atoms with Gasteiger partial charge in [-0.2, -0.15) is 0 Å². The number of carboxylic acid groups (broad SMARTS) is 1. The van der Waals surface area contributed by atoms with Gasteiger partial charge in [0.15, 0.2) is 0 Å². The van der Waals surface area contributed by atoms with Crippen LogP contribution < -0.4 is 10.2 Å². The third-order valence-corrected chi connectivity index (χ3v) is 5.44. The predicted molar refractivity (Wildman–Crippen MR) is 111 cm³/mol. The molecule has 1 amide bonds. The molecule has 1 aliphatic rings. The summed E-state index contributed by atoms with van der Waals surface area (Å²) in [4.78, 5) is 26.6. The van der Waals surface area contributed by atoms with Crippen molar-refractivity contribution in [1.29, 1.82) is 0 Å². The number of aromatic carboxylic acids is 1. The minimum Gasteiger partial charge on any atom is -0.478 e. The third-order valence-electron chi connectivity index (χ3n) is 5.12. The highest BCUT2D eigenvalue weighted by Crippen LogP contribution is 2.37. The highest BCUT2D eigenvalue weighted by molar-refractivity contribution is 6.32. The fraction of sp³-hybridized carbons (Fsp3) is 0.364. The first kappa shape index (κ1) is 20.2. The topological polar surface area (TPSA) is 69.6 Å². The van der Waals surface area contributed by atoms with Gasteiger partial charge in [-0.05, 0) is 55.5 Å². The van der Waals surface area contributed by atoms with Crippen molar-refractivity contribution in [3.05, 3.63) is 64.2 Å². The monoisotopic (exact) mass is 400 g/mol. The Kier molecular flexibility index (Phi) is 6.57. The number of anilines is 1. The van der Waals surface area contributed by atoms with E-state index >= 15 is 0 Å². The number of halogens is 1. The van der Waals surface area contributed by atoms with Gasteiger partial charge in [0.25, 0.3) is 0 Å². The van der Waals surface area contributed by atoms with E-state index in [1.165, 1.54) is 18.6 Å². The first-order valence-corrected chi connectivity index (χ1v) is 10.0. The molecule has 6 heteroatoms. The van der Waals surface area contributed by atoms with Crippen LogP contribution in [0, 0.1) is 0 Å². The van der Waals surface area contributed by atoms with Crippen molar-refractivity contribution in [2.24, 2.45) is 0 Å². The molecule has 0 spiro atoms. The summed E-state index contributed by atoms with van der Waals surface area (Å²) in [5.74, 6) is -1.79. The van der Waals surface area contributed by atoms with Gasteiger partial charge >= 0.3 is 5.97 Å². The number of hydrogen-bond acceptors (Lipinski definition) is 3. The molecule has 0 radical (unpaired) electrons. The van der Waals surface area contributed by atoms with Crippen LogP contribution >= 0.6 is 11.6 Å². The first-order chi connectivity index (χ1) is 13.5. The zero-order chi connectivity index (χ0) is 20.1. The van der Waals surface area contributed by atoms with Crippen LogP contribution in [0.2, 0.25) is 5.02 Å². The van der Waals surface area contributed by atoms with Crippen molar-refractivity contribution in [3.63, 3.8) is 0 Å². The molecule has 5 nitrogen and oxygen atoms in total. The number of piperidine rings is 1. The van der Waals surface area contributed by atoms with Crippen LogP contribution in [0.1, 0.15) is 53.6 Å². The van der Waals surface area contributed by atoms with E-state index < -0.39 is 11.9 Å². The van der Waals surface area contributed by atoms with E-state index in [9.17, 15) is 14.7 Å². The minimum absolute atomic E-state index is 0.104. The lowest BCUT2D eigenvalue weighted by molar-refractivity contribution is -0.121. The number of carboxylic acids is 1. The van der Waals surface area contributed by atoms with Gasteiger partial charge in [-0.1, -0.05) is 35.9 Å². The predicted octanol–water partition coefficient (Wildman–Crippen LogP) is 4.30. The third kappa shape index (κ3) is 4.30. The van der Waals surface area contributed by atoms with Crippen molar-refractivity contribution < 1.29 is 14.7 Å². The number of carbonyl (C=O) groups is 2. The Morgan fingerprint density at radius 1 is 1.11 bits per heavy atom. The molecule has 1 unspecified atom stereocenters. The van der Waals surface area contributed by atoms with Crippen molar-refractivity contribution >= 4 is 29.2 Å². The fourth-order valence-electron chi connectivity index (χ4n) is 3.78. The lowest BCUT2D eigenvalue weighted by Gasteiger charge is -2.32. The van der Waals surface area contributed by atoms with Gasteiger partial charge in [-0.25, -0.2) is 4.79 Å². The molecule has 0 aliphatic carbocycles. The van der Waals surface area contributed by atoms with Crippen molar-refractivity contribution in [2.45, 2.75) is 32.1 Å². The highest BCUT2D eigenvalue weighted by Gasteiger charge is 2.29. The number of nitrogens with one attached hydrogen (secondary N) is 1. The summed E-state index contributed by atoms with van der Waals surface area (Å²) in [7, 11) is 0. The molecular formula is C22H25ClN2O3. The minimum atomic E-state index is -1.04. The number of amides is 1. The summed E-state index contributed by atoms with van der Waals surface area (Å²) in [5.41, 5.74) is 2.65. The van der Waals surface area contributed by atoms with Gasteiger partial charge in [0.05, 0.1) is 11.5 Å². The van der Waals surface area contributed by atoms with Crippen LogP contribution in [0.3, 0.4) is 0 Å². The van der Waals surface area contributed by atoms with Gasteiger partial charge in [-0.3, -0.25) is 4.79 Å². The number of carbonyl (C=O) groups excluding carboxylic acids is 1. The zero-order valence-corrected chi connectivity index (χ0v) is 16.7. The van der Waals surface area contributed by atoms with E-state index in [1.807, 2.05) is 31.2 Å². The van der Waals surface area contributed by atoms with Gasteiger partial charge in [-0.15, -0.1) is 0 Å². The average Bonchev–Trinajstić information content (AvgIpc) is 2.70. The van der Waals surface area contributed by atoms with Crippen LogP contribution in [-0.4, -0.2) is 36.6 Å². The second kappa shape index (κ2) is 9.11. The number of hydrogen-bond donors (Lipinski definition) is 2. The van der Waals surface area contributed by atoms with E-state index in [4.69, 9.17) is 11.6 Å². The largest absolute Gasteiger partial charge is 0.478 e. The van der Waals surface area contributed by atoms with Crippen molar-refractivity contribution in [2.75, 3.05) is 24.5 Å². The molecule has 1 atom stereocenters. The average molecular weight is 401 g/mol. The molecule has 28 heavy (non-hydrogen) atoms. The van der Waals surface area contributed by atoms with E-state index in [0.29, 0.717) is 12.1 Å². The number of benzene rings is 2.